The maximum Gasteiger partial charge on any atom is 0.215 e. The largest absolute Gasteiger partial charge is 0.287 e. The minimum Gasteiger partial charge on any atom is -0.287 e. The van der Waals surface area contributed by atoms with Gasteiger partial charge in [0.15, 0.2) is 5.69 Å². The minimum atomic E-state index is -0.0767. The topological polar surface area (TPSA) is 42.9 Å². The van der Waals surface area contributed by atoms with Crippen LogP contribution in [-0.4, -0.2) is 21.1 Å². The summed E-state index contributed by atoms with van der Waals surface area (Å²) < 4.78 is 4.76. The summed E-state index contributed by atoms with van der Waals surface area (Å²) in [5, 5.41) is 6.01. The standard InChI is InChI=1S/C16H12N2OS2/c1-2-10-20-16-14(17-18-21-16)15(19)13-9-5-7-11-6-3-4-8-12(11)13/h2-9H,1,10H2. The number of fused-ring (bicyclic) bond motifs is 1. The Labute approximate surface area is 130 Å². The van der Waals surface area contributed by atoms with E-state index in [0.29, 0.717) is 11.3 Å². The Hall–Kier alpha value is -1.98. The van der Waals surface area contributed by atoms with Crippen molar-refractivity contribution in [2.75, 3.05) is 5.75 Å². The molecule has 3 rings (SSSR count). The van der Waals surface area contributed by atoms with E-state index >= 15 is 0 Å². The molecule has 21 heavy (non-hydrogen) atoms. The molecule has 0 amide bonds. The molecule has 0 N–H and O–H groups in total. The van der Waals surface area contributed by atoms with E-state index in [0.717, 1.165) is 20.7 Å². The summed E-state index contributed by atoms with van der Waals surface area (Å²) >= 11 is 2.79. The molecule has 0 spiro atoms. The summed E-state index contributed by atoms with van der Waals surface area (Å²) in [6, 6.07) is 13.6. The normalized spacial score (nSPS) is 10.7. The molecule has 0 radical (unpaired) electrons. The minimum absolute atomic E-state index is 0.0767. The summed E-state index contributed by atoms with van der Waals surface area (Å²) in [6.45, 7) is 3.69. The van der Waals surface area contributed by atoms with E-state index in [1.165, 1.54) is 23.3 Å². The lowest BCUT2D eigenvalue weighted by atomic mass is 10.0. The third-order valence-electron chi connectivity index (χ3n) is 3.04. The number of aromatic nitrogens is 2. The molecular weight excluding hydrogens is 300 g/mol. The van der Waals surface area contributed by atoms with Gasteiger partial charge in [-0.15, -0.1) is 23.4 Å². The molecule has 0 fully saturated rings. The van der Waals surface area contributed by atoms with E-state index in [9.17, 15) is 4.79 Å². The van der Waals surface area contributed by atoms with Crippen LogP contribution in [0.1, 0.15) is 16.1 Å². The third kappa shape index (κ3) is 2.75. The Morgan fingerprint density at radius 3 is 2.90 bits per heavy atom. The van der Waals surface area contributed by atoms with E-state index in [1.54, 1.807) is 6.08 Å². The van der Waals surface area contributed by atoms with Gasteiger partial charge in [-0.1, -0.05) is 53.0 Å². The molecule has 0 aliphatic heterocycles. The van der Waals surface area contributed by atoms with Gasteiger partial charge in [0.1, 0.15) is 4.21 Å². The highest BCUT2D eigenvalue weighted by Crippen LogP contribution is 2.28. The van der Waals surface area contributed by atoms with Gasteiger partial charge in [0.2, 0.25) is 5.78 Å². The SMILES string of the molecule is C=CCSc1snnc1C(=O)c1cccc2ccccc12. The average molecular weight is 312 g/mol. The van der Waals surface area contributed by atoms with E-state index in [2.05, 4.69) is 16.2 Å². The molecule has 0 aliphatic rings. The number of hydrogen-bond acceptors (Lipinski definition) is 5. The van der Waals surface area contributed by atoms with Crippen LogP contribution < -0.4 is 0 Å². The number of thioether (sulfide) groups is 1. The predicted octanol–water partition coefficient (Wildman–Crippen LogP) is 4.20. The zero-order valence-corrected chi connectivity index (χ0v) is 12.8. The Morgan fingerprint density at radius 1 is 1.24 bits per heavy atom. The van der Waals surface area contributed by atoms with Gasteiger partial charge in [0.25, 0.3) is 0 Å². The van der Waals surface area contributed by atoms with Crippen LogP contribution in [0.3, 0.4) is 0 Å². The fourth-order valence-corrected chi connectivity index (χ4v) is 3.57. The molecule has 5 heteroatoms. The zero-order valence-electron chi connectivity index (χ0n) is 11.2. The van der Waals surface area contributed by atoms with Crippen molar-refractivity contribution in [3.05, 3.63) is 66.4 Å². The van der Waals surface area contributed by atoms with Crippen LogP contribution in [0.25, 0.3) is 10.8 Å². The van der Waals surface area contributed by atoms with Crippen LogP contribution in [0, 0.1) is 0 Å². The molecule has 104 valence electrons. The lowest BCUT2D eigenvalue weighted by Gasteiger charge is -2.04. The number of ketones is 1. The molecule has 3 aromatic rings. The number of carbonyl (C=O) groups excluding carboxylic acids is 1. The number of benzene rings is 2. The lowest BCUT2D eigenvalue weighted by molar-refractivity contribution is 0.103. The van der Waals surface area contributed by atoms with Crippen LogP contribution in [0.2, 0.25) is 0 Å². The summed E-state index contributed by atoms with van der Waals surface area (Å²) in [7, 11) is 0. The quantitative estimate of drug-likeness (QED) is 0.402. The van der Waals surface area contributed by atoms with Crippen molar-refractivity contribution in [1.29, 1.82) is 0 Å². The van der Waals surface area contributed by atoms with E-state index in [1.807, 2.05) is 42.5 Å². The molecule has 0 atom stereocenters. The van der Waals surface area contributed by atoms with Crippen molar-refractivity contribution < 1.29 is 4.79 Å². The van der Waals surface area contributed by atoms with E-state index < -0.39 is 0 Å². The van der Waals surface area contributed by atoms with Gasteiger partial charge in [-0.05, 0) is 22.3 Å². The van der Waals surface area contributed by atoms with Crippen molar-refractivity contribution >= 4 is 39.9 Å². The average Bonchev–Trinajstić information content (AvgIpc) is 3.00. The summed E-state index contributed by atoms with van der Waals surface area (Å²) in [5.41, 5.74) is 1.10. The second-order valence-corrected chi connectivity index (χ2v) is 6.41. The first-order chi connectivity index (χ1) is 10.3. The Balaban J connectivity index is 2.05. The van der Waals surface area contributed by atoms with Crippen LogP contribution in [-0.2, 0) is 0 Å². The maximum atomic E-state index is 12.8. The van der Waals surface area contributed by atoms with Gasteiger partial charge in [0.05, 0.1) is 0 Å². The highest BCUT2D eigenvalue weighted by Gasteiger charge is 2.20. The highest BCUT2D eigenvalue weighted by molar-refractivity contribution is 8.01. The second-order valence-electron chi connectivity index (χ2n) is 4.36. The smallest absolute Gasteiger partial charge is 0.215 e. The fourth-order valence-electron chi connectivity index (χ4n) is 2.10. The van der Waals surface area contributed by atoms with Crippen molar-refractivity contribution in [1.82, 2.24) is 9.59 Å². The van der Waals surface area contributed by atoms with E-state index in [-0.39, 0.29) is 5.78 Å². The molecule has 0 aliphatic carbocycles. The van der Waals surface area contributed by atoms with Crippen LogP contribution in [0.4, 0.5) is 0 Å². The van der Waals surface area contributed by atoms with Gasteiger partial charge in [-0.2, -0.15) is 0 Å². The lowest BCUT2D eigenvalue weighted by Crippen LogP contribution is -2.04. The summed E-state index contributed by atoms with van der Waals surface area (Å²) in [4.78, 5) is 12.8. The zero-order chi connectivity index (χ0) is 14.7. The van der Waals surface area contributed by atoms with Crippen molar-refractivity contribution in [2.45, 2.75) is 4.21 Å². The number of carbonyl (C=O) groups is 1. The van der Waals surface area contributed by atoms with Crippen molar-refractivity contribution in [3.8, 4) is 0 Å². The number of rotatable bonds is 5. The van der Waals surface area contributed by atoms with E-state index in [4.69, 9.17) is 0 Å². The Kier molecular flexibility index (Phi) is 4.13. The first kappa shape index (κ1) is 14.0. The van der Waals surface area contributed by atoms with Gasteiger partial charge in [0, 0.05) is 11.3 Å². The number of hydrogen-bond donors (Lipinski definition) is 0. The fraction of sp³-hybridized carbons (Fsp3) is 0.0625. The van der Waals surface area contributed by atoms with Gasteiger partial charge < -0.3 is 0 Å². The molecular formula is C16H12N2OS2. The summed E-state index contributed by atoms with van der Waals surface area (Å²) in [6.07, 6.45) is 1.80. The molecule has 1 heterocycles. The second kappa shape index (κ2) is 6.20. The Morgan fingerprint density at radius 2 is 2.05 bits per heavy atom. The predicted molar refractivity (Wildman–Crippen MR) is 88.2 cm³/mol. The Bertz CT molecular complexity index is 805. The monoisotopic (exact) mass is 312 g/mol. The third-order valence-corrected chi connectivity index (χ3v) is 5.00. The molecule has 0 saturated heterocycles. The van der Waals surface area contributed by atoms with Crippen LogP contribution in [0.5, 0.6) is 0 Å². The first-order valence-corrected chi connectivity index (χ1v) is 8.15. The van der Waals surface area contributed by atoms with Crippen LogP contribution in [0.15, 0.2) is 59.3 Å². The molecule has 0 saturated carbocycles. The summed E-state index contributed by atoms with van der Waals surface area (Å²) in [5.74, 6) is 0.659. The van der Waals surface area contributed by atoms with Gasteiger partial charge in [-0.3, -0.25) is 4.79 Å². The molecule has 2 aromatic carbocycles. The highest BCUT2D eigenvalue weighted by atomic mass is 32.2. The molecule has 0 bridgehead atoms. The molecule has 1 aromatic heterocycles. The van der Waals surface area contributed by atoms with Crippen molar-refractivity contribution in [2.24, 2.45) is 0 Å². The molecule has 0 unspecified atom stereocenters. The molecule has 3 nitrogen and oxygen atoms in total. The van der Waals surface area contributed by atoms with Gasteiger partial charge in [-0.25, -0.2) is 0 Å². The van der Waals surface area contributed by atoms with Gasteiger partial charge >= 0.3 is 0 Å². The van der Waals surface area contributed by atoms with Crippen molar-refractivity contribution in [3.63, 3.8) is 0 Å². The number of nitrogens with zero attached hydrogens (tertiary/aromatic N) is 2. The van der Waals surface area contributed by atoms with Crippen LogP contribution >= 0.6 is 23.3 Å². The maximum absolute atomic E-state index is 12.8. The first-order valence-electron chi connectivity index (χ1n) is 6.40.